The fourth-order valence-corrected chi connectivity index (χ4v) is 5.25. The van der Waals surface area contributed by atoms with E-state index in [1.165, 1.54) is 25.3 Å². The van der Waals surface area contributed by atoms with Gasteiger partial charge in [-0.25, -0.2) is 16.8 Å². The highest BCUT2D eigenvalue weighted by Gasteiger charge is 2.38. The van der Waals surface area contributed by atoms with Crippen molar-refractivity contribution in [2.45, 2.75) is 16.6 Å². The summed E-state index contributed by atoms with van der Waals surface area (Å²) in [7, 11) is -5.74. The molecule has 21 heavy (non-hydrogen) atoms. The predicted octanol–water partition coefficient (Wildman–Crippen LogP) is 1.16. The number of benzene rings is 1. The first kappa shape index (κ1) is 16.5. The molecule has 0 N–H and O–H groups in total. The first-order valence-electron chi connectivity index (χ1n) is 6.19. The number of sulfonamides is 1. The summed E-state index contributed by atoms with van der Waals surface area (Å²) in [5, 5.41) is -0.398. The molecule has 6 nitrogen and oxygen atoms in total. The lowest BCUT2D eigenvalue weighted by molar-refractivity contribution is 0.398. The number of ether oxygens (including phenoxy) is 1. The molecule has 1 aromatic carbocycles. The number of halogens is 1. The Morgan fingerprint density at radius 2 is 1.95 bits per heavy atom. The summed E-state index contributed by atoms with van der Waals surface area (Å²) >= 11 is 5.85. The van der Waals surface area contributed by atoms with Crippen molar-refractivity contribution in [2.24, 2.45) is 0 Å². The Labute approximate surface area is 129 Å². The third kappa shape index (κ3) is 3.33. The molecule has 0 aliphatic carbocycles. The smallest absolute Gasteiger partial charge is 0.246 e. The van der Waals surface area contributed by atoms with Crippen LogP contribution in [0.15, 0.2) is 23.1 Å². The van der Waals surface area contributed by atoms with E-state index in [2.05, 4.69) is 0 Å². The predicted molar refractivity (Wildman–Crippen MR) is 80.0 cm³/mol. The summed E-state index contributed by atoms with van der Waals surface area (Å²) in [5.74, 6) is 0.183. The van der Waals surface area contributed by atoms with Gasteiger partial charge >= 0.3 is 0 Å². The second-order valence-electron chi connectivity index (χ2n) is 4.90. The average Bonchev–Trinajstić information content (AvgIpc) is 2.88. The zero-order valence-electron chi connectivity index (χ0n) is 11.6. The molecule has 1 aromatic rings. The lowest BCUT2D eigenvalue weighted by atomic mass is 10.3. The zero-order chi connectivity index (χ0) is 15.8. The normalized spacial score (nSPS) is 20.6. The Balaban J connectivity index is 2.38. The third-order valence-corrected chi connectivity index (χ3v) is 7.17. The Kier molecular flexibility index (Phi) is 4.53. The third-order valence-electron chi connectivity index (χ3n) is 3.46. The monoisotopic (exact) mass is 353 g/mol. The van der Waals surface area contributed by atoms with Crippen molar-refractivity contribution in [3.63, 3.8) is 0 Å². The molecular weight excluding hydrogens is 338 g/mol. The average molecular weight is 354 g/mol. The van der Waals surface area contributed by atoms with Gasteiger partial charge in [0.05, 0.1) is 12.4 Å². The van der Waals surface area contributed by atoms with E-state index in [9.17, 15) is 16.8 Å². The number of hydrogen-bond acceptors (Lipinski definition) is 5. The topological polar surface area (TPSA) is 80.8 Å². The molecule has 0 saturated carbocycles. The zero-order valence-corrected chi connectivity index (χ0v) is 14.0. The van der Waals surface area contributed by atoms with Crippen LogP contribution in [0.2, 0.25) is 5.02 Å². The highest BCUT2D eigenvalue weighted by Crippen LogP contribution is 2.32. The van der Waals surface area contributed by atoms with Crippen molar-refractivity contribution < 1.29 is 21.6 Å². The molecule has 1 aliphatic rings. The van der Waals surface area contributed by atoms with E-state index in [1.54, 1.807) is 0 Å². The summed E-state index contributed by atoms with van der Waals surface area (Å²) in [6, 6.07) is 4.31. The van der Waals surface area contributed by atoms with Crippen LogP contribution in [0.1, 0.15) is 6.42 Å². The van der Waals surface area contributed by atoms with Gasteiger partial charge < -0.3 is 4.74 Å². The summed E-state index contributed by atoms with van der Waals surface area (Å²) in [6.07, 6.45) is 1.41. The van der Waals surface area contributed by atoms with Gasteiger partial charge in [-0.15, -0.1) is 0 Å². The summed E-state index contributed by atoms with van der Waals surface area (Å²) in [6.45, 7) is 0.118. The molecule has 9 heteroatoms. The van der Waals surface area contributed by atoms with Gasteiger partial charge in [0.15, 0.2) is 9.84 Å². The van der Waals surface area contributed by atoms with Gasteiger partial charge in [0, 0.05) is 24.4 Å². The van der Waals surface area contributed by atoms with Crippen molar-refractivity contribution in [1.29, 1.82) is 0 Å². The van der Waals surface area contributed by atoms with Gasteiger partial charge in [-0.05, 0) is 24.6 Å². The molecule has 118 valence electrons. The maximum absolute atomic E-state index is 12.6. The Morgan fingerprint density at radius 3 is 2.48 bits per heavy atom. The van der Waals surface area contributed by atoms with Crippen LogP contribution in [-0.2, 0) is 19.9 Å². The molecule has 1 saturated heterocycles. The van der Waals surface area contributed by atoms with E-state index in [0.29, 0.717) is 6.42 Å². The molecular formula is C12H16ClNO5S2. The Hall–Kier alpha value is -0.830. The number of rotatable bonds is 4. The second kappa shape index (κ2) is 5.75. The summed E-state index contributed by atoms with van der Waals surface area (Å²) < 4.78 is 54.6. The van der Waals surface area contributed by atoms with E-state index in [1.807, 2.05) is 0 Å². The first-order valence-corrected chi connectivity index (χ1v) is 9.96. The number of methoxy groups -OCH3 is 1. The SMILES string of the molecule is COc1ccc(Cl)cc1S(=O)(=O)N1CCC(S(C)(=O)=O)C1. The molecule has 0 bridgehead atoms. The maximum atomic E-state index is 12.6. The minimum Gasteiger partial charge on any atom is -0.495 e. The molecule has 0 radical (unpaired) electrons. The van der Waals surface area contributed by atoms with Gasteiger partial charge in [-0.3, -0.25) is 0 Å². The van der Waals surface area contributed by atoms with Gasteiger partial charge in [0.1, 0.15) is 10.6 Å². The number of nitrogens with zero attached hydrogens (tertiary/aromatic N) is 1. The Morgan fingerprint density at radius 1 is 1.29 bits per heavy atom. The van der Waals surface area contributed by atoms with E-state index in [4.69, 9.17) is 16.3 Å². The van der Waals surface area contributed by atoms with Crippen LogP contribution < -0.4 is 4.74 Å². The van der Waals surface area contributed by atoms with Crippen molar-refractivity contribution in [3.8, 4) is 5.75 Å². The van der Waals surface area contributed by atoms with Gasteiger partial charge in [0.25, 0.3) is 0 Å². The van der Waals surface area contributed by atoms with Crippen molar-refractivity contribution in [1.82, 2.24) is 4.31 Å². The molecule has 2 rings (SSSR count). The van der Waals surface area contributed by atoms with Crippen molar-refractivity contribution in [2.75, 3.05) is 26.5 Å². The second-order valence-corrected chi connectivity index (χ2v) is 9.57. The van der Waals surface area contributed by atoms with E-state index < -0.39 is 25.1 Å². The highest BCUT2D eigenvalue weighted by molar-refractivity contribution is 7.91. The lowest BCUT2D eigenvalue weighted by Crippen LogP contribution is -2.31. The molecule has 1 atom stereocenters. The molecule has 1 unspecified atom stereocenters. The van der Waals surface area contributed by atoms with Gasteiger partial charge in [-0.2, -0.15) is 4.31 Å². The van der Waals surface area contributed by atoms with Crippen LogP contribution in [0, 0.1) is 0 Å². The van der Waals surface area contributed by atoms with E-state index in [-0.39, 0.29) is 28.8 Å². The Bertz CT molecular complexity index is 745. The van der Waals surface area contributed by atoms with E-state index in [0.717, 1.165) is 10.6 Å². The largest absolute Gasteiger partial charge is 0.495 e. The standard InChI is InChI=1S/C12H16ClNO5S2/c1-19-11-4-3-9(13)7-12(11)21(17,18)14-6-5-10(8-14)20(2,15)16/h3-4,7,10H,5-6,8H2,1-2H3. The quantitative estimate of drug-likeness (QED) is 0.811. The van der Waals surface area contributed by atoms with Gasteiger partial charge in [-0.1, -0.05) is 11.6 Å². The molecule has 0 aromatic heterocycles. The first-order chi connectivity index (χ1) is 9.66. The van der Waals surface area contributed by atoms with Gasteiger partial charge in [0.2, 0.25) is 10.0 Å². The molecule has 0 amide bonds. The van der Waals surface area contributed by atoms with Crippen LogP contribution in [0.4, 0.5) is 0 Å². The number of sulfone groups is 1. The highest BCUT2D eigenvalue weighted by atomic mass is 35.5. The maximum Gasteiger partial charge on any atom is 0.246 e. The molecule has 0 spiro atoms. The summed E-state index contributed by atoms with van der Waals surface area (Å²) in [5.41, 5.74) is 0. The minimum absolute atomic E-state index is 0.0448. The van der Waals surface area contributed by atoms with Crippen LogP contribution in [0.25, 0.3) is 0 Å². The minimum atomic E-state index is -3.84. The number of hydrogen-bond donors (Lipinski definition) is 0. The molecule has 1 fully saturated rings. The van der Waals surface area contributed by atoms with Crippen LogP contribution in [-0.4, -0.2) is 52.8 Å². The molecule has 1 aliphatic heterocycles. The van der Waals surface area contributed by atoms with Crippen LogP contribution >= 0.6 is 11.6 Å². The summed E-state index contributed by atoms with van der Waals surface area (Å²) in [4.78, 5) is -0.0494. The van der Waals surface area contributed by atoms with E-state index >= 15 is 0 Å². The van der Waals surface area contributed by atoms with Crippen LogP contribution in [0.5, 0.6) is 5.75 Å². The lowest BCUT2D eigenvalue weighted by Gasteiger charge is -2.18. The van der Waals surface area contributed by atoms with Crippen molar-refractivity contribution >= 4 is 31.5 Å². The molecule has 1 heterocycles. The van der Waals surface area contributed by atoms with Crippen molar-refractivity contribution in [3.05, 3.63) is 23.2 Å². The van der Waals surface area contributed by atoms with Crippen LogP contribution in [0.3, 0.4) is 0 Å². The fourth-order valence-electron chi connectivity index (χ4n) is 2.26. The fraction of sp³-hybridized carbons (Fsp3) is 0.500.